The number of rotatable bonds is 4. The molecule has 0 radical (unpaired) electrons. The number of ether oxygens (including phenoxy) is 1. The maximum absolute atomic E-state index is 12.4. The summed E-state index contributed by atoms with van der Waals surface area (Å²) in [7, 11) is 1.87. The van der Waals surface area contributed by atoms with Crippen LogP contribution in [0.25, 0.3) is 0 Å². The minimum absolute atomic E-state index is 0.0628. The number of amides is 1. The Labute approximate surface area is 129 Å². The van der Waals surface area contributed by atoms with Gasteiger partial charge in [0.05, 0.1) is 12.2 Å². The van der Waals surface area contributed by atoms with Crippen molar-refractivity contribution in [1.82, 2.24) is 25.3 Å². The Bertz CT molecular complexity index is 648. The molecule has 1 fully saturated rings. The lowest BCUT2D eigenvalue weighted by atomic mass is 9.98. The fourth-order valence-corrected chi connectivity index (χ4v) is 2.75. The van der Waals surface area contributed by atoms with Gasteiger partial charge in [-0.05, 0) is 25.3 Å². The summed E-state index contributed by atoms with van der Waals surface area (Å²) in [5.74, 6) is -0.166. The van der Waals surface area contributed by atoms with E-state index < -0.39 is 0 Å². The SMILES string of the molecule is CCc1cc(C(=O)N[C@H]2CCCO[C@@H]2c2cnn(C)c2)n[nH]1. The molecular weight excluding hydrogens is 282 g/mol. The van der Waals surface area contributed by atoms with Crippen molar-refractivity contribution >= 4 is 5.91 Å². The highest BCUT2D eigenvalue weighted by Gasteiger charge is 2.30. The first kappa shape index (κ1) is 14.8. The molecule has 3 heterocycles. The summed E-state index contributed by atoms with van der Waals surface area (Å²) >= 11 is 0. The lowest BCUT2D eigenvalue weighted by Crippen LogP contribution is -2.42. The molecule has 118 valence electrons. The average Bonchev–Trinajstić information content (AvgIpc) is 3.16. The number of nitrogens with one attached hydrogen (secondary N) is 2. The van der Waals surface area contributed by atoms with Crippen LogP contribution in [0.3, 0.4) is 0 Å². The quantitative estimate of drug-likeness (QED) is 0.893. The maximum Gasteiger partial charge on any atom is 0.272 e. The fourth-order valence-electron chi connectivity index (χ4n) is 2.75. The lowest BCUT2D eigenvalue weighted by molar-refractivity contribution is -0.00955. The number of aryl methyl sites for hydroxylation is 2. The van der Waals surface area contributed by atoms with Crippen LogP contribution in [0.5, 0.6) is 0 Å². The van der Waals surface area contributed by atoms with Crippen LogP contribution in [0, 0.1) is 0 Å². The number of aromatic nitrogens is 4. The molecule has 1 aliphatic rings. The molecule has 0 aliphatic carbocycles. The molecule has 7 heteroatoms. The molecule has 1 aliphatic heterocycles. The summed E-state index contributed by atoms with van der Waals surface area (Å²) < 4.78 is 7.60. The fraction of sp³-hybridized carbons (Fsp3) is 0.533. The van der Waals surface area contributed by atoms with E-state index >= 15 is 0 Å². The van der Waals surface area contributed by atoms with Crippen molar-refractivity contribution in [3.8, 4) is 0 Å². The van der Waals surface area contributed by atoms with Crippen molar-refractivity contribution in [2.45, 2.75) is 38.3 Å². The molecule has 2 aromatic rings. The van der Waals surface area contributed by atoms with Crippen molar-refractivity contribution in [2.75, 3.05) is 6.61 Å². The van der Waals surface area contributed by atoms with Gasteiger partial charge in [-0.25, -0.2) is 0 Å². The molecule has 2 aromatic heterocycles. The average molecular weight is 303 g/mol. The number of carbonyl (C=O) groups is 1. The van der Waals surface area contributed by atoms with E-state index in [2.05, 4.69) is 20.6 Å². The summed E-state index contributed by atoms with van der Waals surface area (Å²) in [6, 6.07) is 1.73. The topological polar surface area (TPSA) is 84.8 Å². The lowest BCUT2D eigenvalue weighted by Gasteiger charge is -2.31. The zero-order valence-electron chi connectivity index (χ0n) is 12.9. The molecule has 0 bridgehead atoms. The molecule has 2 atom stereocenters. The number of nitrogens with zero attached hydrogens (tertiary/aromatic N) is 3. The first-order valence-corrected chi connectivity index (χ1v) is 7.62. The van der Waals surface area contributed by atoms with Gasteiger partial charge in [0.15, 0.2) is 0 Å². The summed E-state index contributed by atoms with van der Waals surface area (Å²) in [5.41, 5.74) is 2.37. The number of aromatic amines is 1. The normalized spacial score (nSPS) is 21.7. The Hall–Kier alpha value is -2.15. The monoisotopic (exact) mass is 303 g/mol. The van der Waals surface area contributed by atoms with Gasteiger partial charge in [0.1, 0.15) is 11.8 Å². The van der Waals surface area contributed by atoms with Gasteiger partial charge in [-0.2, -0.15) is 10.2 Å². The molecule has 22 heavy (non-hydrogen) atoms. The standard InChI is InChI=1S/C15H21N5O2/c1-3-11-7-13(19-18-11)15(21)17-12-5-4-6-22-14(12)10-8-16-20(2)9-10/h7-9,12,14H,3-6H2,1-2H3,(H,17,21)(H,18,19)/t12-,14+/m0/s1. The van der Waals surface area contributed by atoms with Gasteiger partial charge in [0, 0.05) is 31.1 Å². The molecule has 1 saturated heterocycles. The van der Waals surface area contributed by atoms with Gasteiger partial charge >= 0.3 is 0 Å². The number of H-pyrrole nitrogens is 1. The first-order valence-electron chi connectivity index (χ1n) is 7.62. The van der Waals surface area contributed by atoms with Crippen LogP contribution >= 0.6 is 0 Å². The van der Waals surface area contributed by atoms with E-state index in [-0.39, 0.29) is 18.1 Å². The van der Waals surface area contributed by atoms with Crippen molar-refractivity contribution in [2.24, 2.45) is 7.05 Å². The van der Waals surface area contributed by atoms with Gasteiger partial charge in [-0.15, -0.1) is 0 Å². The van der Waals surface area contributed by atoms with Crippen LogP contribution < -0.4 is 5.32 Å². The van der Waals surface area contributed by atoms with Crippen molar-refractivity contribution in [3.63, 3.8) is 0 Å². The Morgan fingerprint density at radius 3 is 3.14 bits per heavy atom. The Morgan fingerprint density at radius 1 is 1.59 bits per heavy atom. The summed E-state index contributed by atoms with van der Waals surface area (Å²) in [4.78, 5) is 12.4. The van der Waals surface area contributed by atoms with Gasteiger partial charge in [0.25, 0.3) is 5.91 Å². The number of hydrogen-bond acceptors (Lipinski definition) is 4. The van der Waals surface area contributed by atoms with E-state index in [1.165, 1.54) is 0 Å². The predicted octanol–water partition coefficient (Wildman–Crippen LogP) is 1.36. The second kappa shape index (κ2) is 6.31. The smallest absolute Gasteiger partial charge is 0.272 e. The van der Waals surface area contributed by atoms with Gasteiger partial charge in [0.2, 0.25) is 0 Å². The molecule has 0 aromatic carbocycles. The second-order valence-electron chi connectivity index (χ2n) is 5.59. The Kier molecular flexibility index (Phi) is 4.24. The van der Waals surface area contributed by atoms with Crippen LogP contribution in [-0.2, 0) is 18.2 Å². The molecule has 0 unspecified atom stereocenters. The molecule has 0 saturated carbocycles. The van der Waals surface area contributed by atoms with E-state index in [1.807, 2.05) is 20.2 Å². The molecular formula is C15H21N5O2. The van der Waals surface area contributed by atoms with Crippen LogP contribution in [0.1, 0.15) is 47.6 Å². The highest BCUT2D eigenvalue weighted by Crippen LogP contribution is 2.28. The Balaban J connectivity index is 1.72. The number of carbonyl (C=O) groups excluding carboxylic acids is 1. The van der Waals surface area contributed by atoms with Gasteiger partial charge in [-0.1, -0.05) is 6.92 Å². The highest BCUT2D eigenvalue weighted by molar-refractivity contribution is 5.92. The third kappa shape index (κ3) is 3.04. The van der Waals surface area contributed by atoms with Crippen molar-refractivity contribution < 1.29 is 9.53 Å². The zero-order valence-corrected chi connectivity index (χ0v) is 12.9. The minimum atomic E-state index is -0.166. The van der Waals surface area contributed by atoms with E-state index in [4.69, 9.17) is 4.74 Å². The highest BCUT2D eigenvalue weighted by atomic mass is 16.5. The van der Waals surface area contributed by atoms with Gasteiger partial charge in [-0.3, -0.25) is 14.6 Å². The van der Waals surface area contributed by atoms with Crippen LogP contribution in [0.15, 0.2) is 18.5 Å². The maximum atomic E-state index is 12.4. The zero-order chi connectivity index (χ0) is 15.5. The molecule has 1 amide bonds. The third-order valence-corrected chi connectivity index (χ3v) is 3.94. The predicted molar refractivity (Wildman–Crippen MR) is 80.4 cm³/mol. The van der Waals surface area contributed by atoms with E-state index in [1.54, 1.807) is 16.9 Å². The molecule has 3 rings (SSSR count). The van der Waals surface area contributed by atoms with E-state index in [0.29, 0.717) is 12.3 Å². The second-order valence-corrected chi connectivity index (χ2v) is 5.59. The van der Waals surface area contributed by atoms with E-state index in [0.717, 1.165) is 30.5 Å². The van der Waals surface area contributed by atoms with Crippen LogP contribution in [0.4, 0.5) is 0 Å². The molecule has 0 spiro atoms. The van der Waals surface area contributed by atoms with Crippen molar-refractivity contribution in [3.05, 3.63) is 35.4 Å². The molecule has 7 nitrogen and oxygen atoms in total. The summed E-state index contributed by atoms with van der Waals surface area (Å²) in [5, 5.41) is 14.2. The summed E-state index contributed by atoms with van der Waals surface area (Å²) in [6.07, 6.45) is 6.21. The minimum Gasteiger partial charge on any atom is -0.371 e. The van der Waals surface area contributed by atoms with E-state index in [9.17, 15) is 4.79 Å². The third-order valence-electron chi connectivity index (χ3n) is 3.94. The first-order chi connectivity index (χ1) is 10.7. The van der Waals surface area contributed by atoms with Crippen LogP contribution in [0.2, 0.25) is 0 Å². The van der Waals surface area contributed by atoms with Crippen molar-refractivity contribution in [1.29, 1.82) is 0 Å². The largest absolute Gasteiger partial charge is 0.371 e. The van der Waals surface area contributed by atoms with Gasteiger partial charge < -0.3 is 10.1 Å². The molecule has 2 N–H and O–H groups in total. The number of hydrogen-bond donors (Lipinski definition) is 2. The summed E-state index contributed by atoms with van der Waals surface area (Å²) in [6.45, 7) is 2.72. The van der Waals surface area contributed by atoms with Crippen LogP contribution in [-0.4, -0.2) is 38.5 Å². The Morgan fingerprint density at radius 2 is 2.45 bits per heavy atom.